The Morgan fingerprint density at radius 3 is 2.24 bits per heavy atom. The van der Waals surface area contributed by atoms with Crippen molar-refractivity contribution in [2.45, 2.75) is 58.4 Å². The summed E-state index contributed by atoms with van der Waals surface area (Å²) in [6, 6.07) is 0. The lowest BCUT2D eigenvalue weighted by Crippen LogP contribution is -2.59. The van der Waals surface area contributed by atoms with Crippen molar-refractivity contribution in [3.8, 4) is 0 Å². The van der Waals surface area contributed by atoms with Gasteiger partial charge in [-0.2, -0.15) is 0 Å². The molecule has 2 N–H and O–H groups in total. The summed E-state index contributed by atoms with van der Waals surface area (Å²) in [7, 11) is 0. The molecule has 2 fully saturated rings. The molecular formula is C15H30N2. The van der Waals surface area contributed by atoms with E-state index in [0.29, 0.717) is 5.54 Å². The zero-order chi connectivity index (χ0) is 12.5. The van der Waals surface area contributed by atoms with Gasteiger partial charge in [-0.3, -0.25) is 4.90 Å². The molecule has 0 aromatic carbocycles. The van der Waals surface area contributed by atoms with E-state index in [-0.39, 0.29) is 0 Å². The summed E-state index contributed by atoms with van der Waals surface area (Å²) < 4.78 is 0. The maximum absolute atomic E-state index is 6.17. The van der Waals surface area contributed by atoms with Gasteiger partial charge in [0.15, 0.2) is 0 Å². The van der Waals surface area contributed by atoms with Gasteiger partial charge in [0, 0.05) is 12.1 Å². The zero-order valence-corrected chi connectivity index (χ0v) is 11.9. The highest BCUT2D eigenvalue weighted by atomic mass is 15.2. The molecule has 1 aliphatic heterocycles. The molecule has 1 saturated carbocycles. The quantitative estimate of drug-likeness (QED) is 0.801. The summed E-state index contributed by atoms with van der Waals surface area (Å²) in [4.78, 5) is 2.73. The Morgan fingerprint density at radius 1 is 1.06 bits per heavy atom. The minimum Gasteiger partial charge on any atom is -0.329 e. The molecular weight excluding hydrogens is 208 g/mol. The van der Waals surface area contributed by atoms with Crippen LogP contribution in [0.5, 0.6) is 0 Å². The van der Waals surface area contributed by atoms with Crippen molar-refractivity contribution in [1.29, 1.82) is 0 Å². The van der Waals surface area contributed by atoms with E-state index < -0.39 is 0 Å². The third kappa shape index (κ3) is 2.68. The Morgan fingerprint density at radius 2 is 1.71 bits per heavy atom. The van der Waals surface area contributed by atoms with E-state index >= 15 is 0 Å². The first-order valence-electron chi connectivity index (χ1n) is 7.52. The molecule has 0 aromatic heterocycles. The second-order valence-electron chi connectivity index (χ2n) is 6.80. The van der Waals surface area contributed by atoms with Gasteiger partial charge in [0.1, 0.15) is 0 Å². The van der Waals surface area contributed by atoms with Gasteiger partial charge < -0.3 is 5.73 Å². The zero-order valence-electron chi connectivity index (χ0n) is 11.9. The average molecular weight is 238 g/mol. The van der Waals surface area contributed by atoms with Crippen LogP contribution in [0.2, 0.25) is 0 Å². The van der Waals surface area contributed by atoms with Crippen LogP contribution in [0.3, 0.4) is 0 Å². The SMILES string of the molecule is CC1CCN(C2(CN)CCC(C)C(C)C2)CC1. The van der Waals surface area contributed by atoms with Crippen LogP contribution in [0.4, 0.5) is 0 Å². The molecule has 0 spiro atoms. The molecule has 100 valence electrons. The van der Waals surface area contributed by atoms with Crippen LogP contribution in [-0.4, -0.2) is 30.1 Å². The number of likely N-dealkylation sites (tertiary alicyclic amines) is 1. The molecule has 0 radical (unpaired) electrons. The highest BCUT2D eigenvalue weighted by molar-refractivity contribution is 4.98. The number of hydrogen-bond donors (Lipinski definition) is 1. The highest BCUT2D eigenvalue weighted by Gasteiger charge is 2.41. The fourth-order valence-corrected chi connectivity index (χ4v) is 3.77. The first-order valence-corrected chi connectivity index (χ1v) is 7.52. The van der Waals surface area contributed by atoms with Gasteiger partial charge in [-0.15, -0.1) is 0 Å². The summed E-state index contributed by atoms with van der Waals surface area (Å²) in [5.74, 6) is 2.64. The lowest BCUT2D eigenvalue weighted by molar-refractivity contribution is 0.000501. The molecule has 2 rings (SSSR count). The Hall–Kier alpha value is -0.0800. The van der Waals surface area contributed by atoms with Crippen molar-refractivity contribution in [3.63, 3.8) is 0 Å². The van der Waals surface area contributed by atoms with Crippen LogP contribution < -0.4 is 5.73 Å². The highest BCUT2D eigenvalue weighted by Crippen LogP contribution is 2.40. The Kier molecular flexibility index (Phi) is 4.14. The summed E-state index contributed by atoms with van der Waals surface area (Å²) in [6.45, 7) is 10.6. The smallest absolute Gasteiger partial charge is 0.0334 e. The molecule has 1 aliphatic carbocycles. The van der Waals surface area contributed by atoms with Gasteiger partial charge >= 0.3 is 0 Å². The maximum atomic E-state index is 6.17. The van der Waals surface area contributed by atoms with E-state index in [4.69, 9.17) is 5.73 Å². The van der Waals surface area contributed by atoms with E-state index in [1.165, 1.54) is 45.2 Å². The third-order valence-electron chi connectivity index (χ3n) is 5.57. The molecule has 0 bridgehead atoms. The molecule has 3 atom stereocenters. The maximum Gasteiger partial charge on any atom is 0.0334 e. The van der Waals surface area contributed by atoms with Gasteiger partial charge in [0.05, 0.1) is 0 Å². The van der Waals surface area contributed by atoms with Gasteiger partial charge in [0.25, 0.3) is 0 Å². The fourth-order valence-electron chi connectivity index (χ4n) is 3.77. The van der Waals surface area contributed by atoms with Gasteiger partial charge in [-0.25, -0.2) is 0 Å². The predicted octanol–water partition coefficient (Wildman–Crippen LogP) is 2.87. The third-order valence-corrected chi connectivity index (χ3v) is 5.57. The summed E-state index contributed by atoms with van der Waals surface area (Å²) in [5, 5.41) is 0. The van der Waals surface area contributed by atoms with E-state index in [1.54, 1.807) is 0 Å². The normalized spacial score (nSPS) is 41.6. The van der Waals surface area contributed by atoms with Gasteiger partial charge in [-0.05, 0) is 62.9 Å². The second kappa shape index (κ2) is 5.27. The molecule has 1 heterocycles. The second-order valence-corrected chi connectivity index (χ2v) is 6.80. The van der Waals surface area contributed by atoms with Crippen LogP contribution in [0.25, 0.3) is 0 Å². The summed E-state index contributed by atoms with van der Waals surface area (Å²) in [6.07, 6.45) is 6.74. The molecule has 2 aliphatic rings. The Labute approximate surface area is 107 Å². The van der Waals surface area contributed by atoms with Crippen molar-refractivity contribution in [3.05, 3.63) is 0 Å². The Bertz CT molecular complexity index is 245. The van der Waals surface area contributed by atoms with Crippen molar-refractivity contribution in [2.75, 3.05) is 19.6 Å². The molecule has 2 heteroatoms. The van der Waals surface area contributed by atoms with Crippen molar-refractivity contribution in [2.24, 2.45) is 23.5 Å². The van der Waals surface area contributed by atoms with Crippen LogP contribution in [0.1, 0.15) is 52.9 Å². The predicted molar refractivity (Wildman–Crippen MR) is 73.9 cm³/mol. The van der Waals surface area contributed by atoms with Gasteiger partial charge in [0.2, 0.25) is 0 Å². The molecule has 0 aromatic rings. The number of nitrogens with two attached hydrogens (primary N) is 1. The number of nitrogens with zero attached hydrogens (tertiary/aromatic N) is 1. The monoisotopic (exact) mass is 238 g/mol. The first kappa shape index (κ1) is 13.4. The summed E-state index contributed by atoms with van der Waals surface area (Å²) in [5.41, 5.74) is 6.51. The fraction of sp³-hybridized carbons (Fsp3) is 1.00. The van der Waals surface area contributed by atoms with Crippen LogP contribution >= 0.6 is 0 Å². The summed E-state index contributed by atoms with van der Waals surface area (Å²) >= 11 is 0. The van der Waals surface area contributed by atoms with Crippen LogP contribution in [-0.2, 0) is 0 Å². The number of piperidine rings is 1. The van der Waals surface area contributed by atoms with E-state index in [0.717, 1.165) is 24.3 Å². The van der Waals surface area contributed by atoms with E-state index in [9.17, 15) is 0 Å². The number of rotatable bonds is 2. The van der Waals surface area contributed by atoms with E-state index in [2.05, 4.69) is 25.7 Å². The minimum absolute atomic E-state index is 0.339. The van der Waals surface area contributed by atoms with Crippen molar-refractivity contribution < 1.29 is 0 Å². The molecule has 2 nitrogen and oxygen atoms in total. The van der Waals surface area contributed by atoms with Crippen molar-refractivity contribution >= 4 is 0 Å². The average Bonchev–Trinajstić information content (AvgIpc) is 2.34. The lowest BCUT2D eigenvalue weighted by atomic mass is 9.70. The topological polar surface area (TPSA) is 29.3 Å². The largest absolute Gasteiger partial charge is 0.329 e. The molecule has 3 unspecified atom stereocenters. The molecule has 1 saturated heterocycles. The van der Waals surface area contributed by atoms with Crippen LogP contribution in [0, 0.1) is 17.8 Å². The standard InChI is InChI=1S/C15H30N2/c1-12-5-8-17(9-6-12)15(11-16)7-4-13(2)14(3)10-15/h12-14H,4-11,16H2,1-3H3. The van der Waals surface area contributed by atoms with Crippen LogP contribution in [0.15, 0.2) is 0 Å². The lowest BCUT2D eigenvalue weighted by Gasteiger charge is -2.51. The van der Waals surface area contributed by atoms with Gasteiger partial charge in [-0.1, -0.05) is 20.8 Å². The molecule has 17 heavy (non-hydrogen) atoms. The minimum atomic E-state index is 0.339. The Balaban J connectivity index is 2.04. The first-order chi connectivity index (χ1) is 8.07. The number of hydrogen-bond acceptors (Lipinski definition) is 2. The van der Waals surface area contributed by atoms with E-state index in [1.807, 2.05) is 0 Å². The van der Waals surface area contributed by atoms with Crippen molar-refractivity contribution in [1.82, 2.24) is 4.90 Å². The molecule has 0 amide bonds.